The van der Waals surface area contributed by atoms with Crippen molar-refractivity contribution in [3.63, 3.8) is 0 Å². The molecule has 0 aliphatic carbocycles. The summed E-state index contributed by atoms with van der Waals surface area (Å²) in [5.41, 5.74) is 8.72. The topological polar surface area (TPSA) is 74.5 Å². The van der Waals surface area contributed by atoms with Crippen LogP contribution in [0.1, 0.15) is 5.69 Å². The molecule has 0 saturated carbocycles. The second kappa shape index (κ2) is 4.56. The van der Waals surface area contributed by atoms with E-state index in [-0.39, 0.29) is 0 Å². The zero-order valence-corrected chi connectivity index (χ0v) is 10.6. The third-order valence-corrected chi connectivity index (χ3v) is 3.05. The standard InChI is InChI=1S/C13H14N6/c1-18-11(4-5-17-18)8-19-9-15-7-12(19)10-2-3-13(14)16-6-10/h2-7,9H,8H2,1H3,(H2,14,16). The third-order valence-electron chi connectivity index (χ3n) is 3.05. The molecule has 6 nitrogen and oxygen atoms in total. The van der Waals surface area contributed by atoms with Crippen molar-refractivity contribution < 1.29 is 0 Å². The Bertz CT molecular complexity index is 679. The van der Waals surface area contributed by atoms with Crippen molar-refractivity contribution in [3.8, 4) is 11.3 Å². The lowest BCUT2D eigenvalue weighted by molar-refractivity contribution is 0.669. The number of nitrogens with two attached hydrogens (primary N) is 1. The Morgan fingerprint density at radius 1 is 1.21 bits per heavy atom. The zero-order valence-electron chi connectivity index (χ0n) is 10.6. The minimum absolute atomic E-state index is 0.515. The highest BCUT2D eigenvalue weighted by Crippen LogP contribution is 2.19. The number of anilines is 1. The first-order chi connectivity index (χ1) is 9.24. The van der Waals surface area contributed by atoms with Crippen molar-refractivity contribution in [2.45, 2.75) is 6.54 Å². The lowest BCUT2D eigenvalue weighted by Gasteiger charge is -2.08. The molecular formula is C13H14N6. The van der Waals surface area contributed by atoms with Gasteiger partial charge in [0, 0.05) is 25.0 Å². The van der Waals surface area contributed by atoms with Gasteiger partial charge in [-0.25, -0.2) is 9.97 Å². The molecule has 3 rings (SSSR count). The van der Waals surface area contributed by atoms with Crippen LogP contribution in [0, 0.1) is 0 Å². The third kappa shape index (κ3) is 2.20. The predicted molar refractivity (Wildman–Crippen MR) is 72.2 cm³/mol. The van der Waals surface area contributed by atoms with Crippen LogP contribution in [-0.4, -0.2) is 24.3 Å². The van der Waals surface area contributed by atoms with Gasteiger partial charge in [0.25, 0.3) is 0 Å². The maximum absolute atomic E-state index is 5.60. The summed E-state index contributed by atoms with van der Waals surface area (Å²) in [5, 5.41) is 4.17. The minimum atomic E-state index is 0.515. The zero-order chi connectivity index (χ0) is 13.2. The number of imidazole rings is 1. The van der Waals surface area contributed by atoms with E-state index in [1.165, 1.54) is 0 Å². The molecule has 0 amide bonds. The van der Waals surface area contributed by atoms with Crippen molar-refractivity contribution in [1.82, 2.24) is 24.3 Å². The molecule has 0 spiro atoms. The van der Waals surface area contributed by atoms with Gasteiger partial charge in [0.05, 0.1) is 30.5 Å². The lowest BCUT2D eigenvalue weighted by Crippen LogP contribution is -2.06. The van der Waals surface area contributed by atoms with Crippen LogP contribution in [0.15, 0.2) is 43.1 Å². The van der Waals surface area contributed by atoms with E-state index < -0.39 is 0 Å². The normalized spacial score (nSPS) is 10.8. The summed E-state index contributed by atoms with van der Waals surface area (Å²) in [4.78, 5) is 8.32. The first kappa shape index (κ1) is 11.5. The maximum atomic E-state index is 5.60. The van der Waals surface area contributed by atoms with Crippen molar-refractivity contribution in [3.05, 3.63) is 48.8 Å². The quantitative estimate of drug-likeness (QED) is 0.764. The summed E-state index contributed by atoms with van der Waals surface area (Å²) < 4.78 is 3.91. The van der Waals surface area contributed by atoms with E-state index in [2.05, 4.69) is 19.6 Å². The van der Waals surface area contributed by atoms with Gasteiger partial charge < -0.3 is 10.3 Å². The summed E-state index contributed by atoms with van der Waals surface area (Å²) in [7, 11) is 1.93. The molecule has 0 atom stereocenters. The first-order valence-electron chi connectivity index (χ1n) is 5.93. The van der Waals surface area contributed by atoms with E-state index in [4.69, 9.17) is 5.73 Å². The summed E-state index contributed by atoms with van der Waals surface area (Å²) in [6.45, 7) is 0.718. The molecule has 3 heterocycles. The van der Waals surface area contributed by atoms with Crippen LogP contribution in [0.25, 0.3) is 11.3 Å². The van der Waals surface area contributed by atoms with Crippen molar-refractivity contribution in [2.75, 3.05) is 5.73 Å². The van der Waals surface area contributed by atoms with Crippen LogP contribution < -0.4 is 5.73 Å². The summed E-state index contributed by atoms with van der Waals surface area (Å²) >= 11 is 0. The Morgan fingerprint density at radius 3 is 2.79 bits per heavy atom. The summed E-state index contributed by atoms with van der Waals surface area (Å²) in [5.74, 6) is 0.515. The average Bonchev–Trinajstić information content (AvgIpc) is 3.01. The Kier molecular flexibility index (Phi) is 2.75. The van der Waals surface area contributed by atoms with E-state index in [0.29, 0.717) is 5.82 Å². The fourth-order valence-corrected chi connectivity index (χ4v) is 1.97. The van der Waals surface area contributed by atoms with Gasteiger partial charge in [0.15, 0.2) is 0 Å². The van der Waals surface area contributed by atoms with Crippen LogP contribution in [0.2, 0.25) is 0 Å². The van der Waals surface area contributed by atoms with E-state index in [0.717, 1.165) is 23.5 Å². The lowest BCUT2D eigenvalue weighted by atomic mass is 10.2. The number of hydrogen-bond acceptors (Lipinski definition) is 4. The van der Waals surface area contributed by atoms with Crippen molar-refractivity contribution in [2.24, 2.45) is 7.05 Å². The molecule has 96 valence electrons. The maximum Gasteiger partial charge on any atom is 0.123 e. The van der Waals surface area contributed by atoms with Gasteiger partial charge in [0.2, 0.25) is 0 Å². The first-order valence-corrected chi connectivity index (χ1v) is 5.93. The van der Waals surface area contributed by atoms with Crippen LogP contribution in [0.4, 0.5) is 5.82 Å². The number of aryl methyl sites for hydroxylation is 1. The van der Waals surface area contributed by atoms with Crippen LogP contribution in [0.5, 0.6) is 0 Å². The second-order valence-corrected chi connectivity index (χ2v) is 4.32. The highest BCUT2D eigenvalue weighted by molar-refractivity contribution is 5.59. The minimum Gasteiger partial charge on any atom is -0.384 e. The number of nitrogen functional groups attached to an aromatic ring is 1. The van der Waals surface area contributed by atoms with E-state index in [1.54, 1.807) is 24.8 Å². The Morgan fingerprint density at radius 2 is 2.11 bits per heavy atom. The summed E-state index contributed by atoms with van der Waals surface area (Å²) in [6.07, 6.45) is 7.17. The molecule has 0 fully saturated rings. The molecule has 2 N–H and O–H groups in total. The van der Waals surface area contributed by atoms with Crippen LogP contribution in [-0.2, 0) is 13.6 Å². The molecule has 6 heteroatoms. The van der Waals surface area contributed by atoms with E-state index >= 15 is 0 Å². The van der Waals surface area contributed by atoms with Gasteiger partial charge in [-0.15, -0.1) is 0 Å². The number of aromatic nitrogens is 5. The van der Waals surface area contributed by atoms with Gasteiger partial charge in [-0.2, -0.15) is 5.10 Å². The van der Waals surface area contributed by atoms with Gasteiger partial charge in [-0.1, -0.05) is 0 Å². The monoisotopic (exact) mass is 254 g/mol. The predicted octanol–water partition coefficient (Wildman–Crippen LogP) is 1.31. The number of rotatable bonds is 3. The highest BCUT2D eigenvalue weighted by Gasteiger charge is 2.07. The fourth-order valence-electron chi connectivity index (χ4n) is 1.97. The summed E-state index contributed by atoms with van der Waals surface area (Å²) in [6, 6.07) is 5.72. The van der Waals surface area contributed by atoms with Gasteiger partial charge >= 0.3 is 0 Å². The van der Waals surface area contributed by atoms with E-state index in [9.17, 15) is 0 Å². The molecule has 19 heavy (non-hydrogen) atoms. The molecule has 0 aromatic carbocycles. The SMILES string of the molecule is Cn1nccc1Cn1cncc1-c1ccc(N)nc1. The Balaban J connectivity index is 1.94. The second-order valence-electron chi connectivity index (χ2n) is 4.32. The molecule has 0 unspecified atom stereocenters. The van der Waals surface area contributed by atoms with Gasteiger partial charge in [-0.05, 0) is 18.2 Å². The van der Waals surface area contributed by atoms with Gasteiger partial charge in [0.1, 0.15) is 5.82 Å². The Hall–Kier alpha value is -2.63. The molecule has 0 radical (unpaired) electrons. The molecular weight excluding hydrogens is 240 g/mol. The number of pyridine rings is 1. The van der Waals surface area contributed by atoms with E-state index in [1.807, 2.05) is 30.1 Å². The number of nitrogens with zero attached hydrogens (tertiary/aromatic N) is 5. The average molecular weight is 254 g/mol. The smallest absolute Gasteiger partial charge is 0.123 e. The molecule has 0 aliphatic rings. The number of hydrogen-bond donors (Lipinski definition) is 1. The van der Waals surface area contributed by atoms with Crippen molar-refractivity contribution >= 4 is 5.82 Å². The highest BCUT2D eigenvalue weighted by atomic mass is 15.3. The van der Waals surface area contributed by atoms with Gasteiger partial charge in [-0.3, -0.25) is 4.68 Å². The fraction of sp³-hybridized carbons (Fsp3) is 0.154. The van der Waals surface area contributed by atoms with Crippen LogP contribution >= 0.6 is 0 Å². The van der Waals surface area contributed by atoms with Crippen LogP contribution in [0.3, 0.4) is 0 Å². The largest absolute Gasteiger partial charge is 0.384 e. The molecule has 0 aliphatic heterocycles. The molecule has 3 aromatic rings. The Labute approximate surface area is 110 Å². The van der Waals surface area contributed by atoms with Crippen molar-refractivity contribution in [1.29, 1.82) is 0 Å². The molecule has 3 aromatic heterocycles. The molecule has 0 saturated heterocycles. The molecule has 0 bridgehead atoms.